The number of benzene rings is 1. The zero-order chi connectivity index (χ0) is 20.3. The predicted molar refractivity (Wildman–Crippen MR) is 108 cm³/mol. The lowest BCUT2D eigenvalue weighted by atomic mass is 10.0. The van der Waals surface area contributed by atoms with Crippen LogP contribution in [0.2, 0.25) is 0 Å². The van der Waals surface area contributed by atoms with Gasteiger partial charge in [-0.2, -0.15) is 10.4 Å². The minimum Gasteiger partial charge on any atom is -0.344 e. The van der Waals surface area contributed by atoms with Gasteiger partial charge >= 0.3 is 0 Å². The molecule has 0 aliphatic rings. The van der Waals surface area contributed by atoms with Crippen LogP contribution in [0.1, 0.15) is 52.3 Å². The van der Waals surface area contributed by atoms with Gasteiger partial charge in [0.2, 0.25) is 0 Å². The molecule has 0 saturated carbocycles. The van der Waals surface area contributed by atoms with Crippen molar-refractivity contribution >= 4 is 5.91 Å². The van der Waals surface area contributed by atoms with Crippen molar-refractivity contribution in [1.82, 2.24) is 20.1 Å². The molecule has 2 heterocycles. The molecule has 6 nitrogen and oxygen atoms in total. The number of rotatable bonds is 5. The van der Waals surface area contributed by atoms with Gasteiger partial charge in [0.05, 0.1) is 28.7 Å². The number of hydrogen-bond acceptors (Lipinski definition) is 4. The molecular formula is C22H23N5O. The zero-order valence-electron chi connectivity index (χ0n) is 16.5. The van der Waals surface area contributed by atoms with Crippen LogP contribution in [0, 0.1) is 25.2 Å². The van der Waals surface area contributed by atoms with E-state index in [1.54, 1.807) is 23.0 Å². The highest BCUT2D eigenvalue weighted by atomic mass is 16.1. The van der Waals surface area contributed by atoms with Gasteiger partial charge in [-0.15, -0.1) is 0 Å². The van der Waals surface area contributed by atoms with E-state index in [9.17, 15) is 10.1 Å². The van der Waals surface area contributed by atoms with Gasteiger partial charge in [0.15, 0.2) is 0 Å². The maximum atomic E-state index is 12.7. The molecule has 1 amide bonds. The van der Waals surface area contributed by atoms with Crippen molar-refractivity contribution in [2.45, 2.75) is 33.2 Å². The highest BCUT2D eigenvalue weighted by Gasteiger charge is 2.17. The summed E-state index contributed by atoms with van der Waals surface area (Å²) >= 11 is 0. The highest BCUT2D eigenvalue weighted by Crippen LogP contribution is 2.23. The molecule has 142 valence electrons. The Morgan fingerprint density at radius 2 is 1.96 bits per heavy atom. The number of pyridine rings is 1. The molecule has 3 aromatic rings. The molecule has 2 aromatic heterocycles. The maximum absolute atomic E-state index is 12.7. The zero-order valence-corrected chi connectivity index (χ0v) is 16.5. The lowest BCUT2D eigenvalue weighted by molar-refractivity contribution is 0.0934. The quantitative estimate of drug-likeness (QED) is 0.736. The molecule has 0 bridgehead atoms. The van der Waals surface area contributed by atoms with Crippen LogP contribution >= 0.6 is 0 Å². The molecule has 0 aliphatic carbocycles. The fourth-order valence-electron chi connectivity index (χ4n) is 3.29. The molecule has 0 saturated heterocycles. The maximum Gasteiger partial charge on any atom is 0.251 e. The van der Waals surface area contributed by atoms with Crippen molar-refractivity contribution in [3.05, 3.63) is 70.7 Å². The van der Waals surface area contributed by atoms with Crippen LogP contribution in [0.4, 0.5) is 0 Å². The van der Waals surface area contributed by atoms with Crippen LogP contribution in [0.3, 0.4) is 0 Å². The number of amides is 1. The van der Waals surface area contributed by atoms with E-state index >= 15 is 0 Å². The molecule has 6 heteroatoms. The summed E-state index contributed by atoms with van der Waals surface area (Å²) in [5.74, 6) is -0.125. The van der Waals surface area contributed by atoms with E-state index in [2.05, 4.69) is 21.5 Å². The van der Waals surface area contributed by atoms with E-state index in [-0.39, 0.29) is 11.9 Å². The minimum absolute atomic E-state index is 0.0924. The third-order valence-corrected chi connectivity index (χ3v) is 4.88. The van der Waals surface area contributed by atoms with Gasteiger partial charge in [-0.05, 0) is 50.1 Å². The molecular weight excluding hydrogens is 350 g/mol. The van der Waals surface area contributed by atoms with E-state index in [0.29, 0.717) is 16.8 Å². The first-order chi connectivity index (χ1) is 13.4. The molecule has 28 heavy (non-hydrogen) atoms. The third-order valence-electron chi connectivity index (χ3n) is 4.88. The number of nitrogens with zero attached hydrogens (tertiary/aromatic N) is 4. The summed E-state index contributed by atoms with van der Waals surface area (Å²) in [5.41, 5.74) is 5.48. The first-order valence-corrected chi connectivity index (χ1v) is 9.22. The van der Waals surface area contributed by atoms with Gasteiger partial charge in [-0.25, -0.2) is 0 Å². The van der Waals surface area contributed by atoms with Crippen LogP contribution in [-0.2, 0) is 7.05 Å². The Morgan fingerprint density at radius 3 is 2.50 bits per heavy atom. The molecule has 1 atom stereocenters. The Kier molecular flexibility index (Phi) is 5.55. The van der Waals surface area contributed by atoms with Gasteiger partial charge in [-0.1, -0.05) is 19.1 Å². The molecule has 1 N–H and O–H groups in total. The molecule has 3 rings (SSSR count). The largest absolute Gasteiger partial charge is 0.344 e. The number of aromatic nitrogens is 3. The van der Waals surface area contributed by atoms with Crippen molar-refractivity contribution in [2.75, 3.05) is 0 Å². The predicted octanol–water partition coefficient (Wildman–Crippen LogP) is 3.85. The number of carbonyl (C=O) groups excluding carboxylic acids is 1. The second-order valence-corrected chi connectivity index (χ2v) is 6.79. The smallest absolute Gasteiger partial charge is 0.251 e. The molecule has 0 radical (unpaired) electrons. The van der Waals surface area contributed by atoms with Crippen molar-refractivity contribution in [3.63, 3.8) is 0 Å². The van der Waals surface area contributed by atoms with Crippen molar-refractivity contribution < 1.29 is 4.79 Å². The summed E-state index contributed by atoms with van der Waals surface area (Å²) in [6, 6.07) is 13.3. The summed E-state index contributed by atoms with van der Waals surface area (Å²) in [6.45, 7) is 5.77. The molecule has 0 unspecified atom stereocenters. The number of nitriles is 1. The number of aryl methyl sites for hydroxylation is 3. The molecule has 0 spiro atoms. The highest BCUT2D eigenvalue weighted by molar-refractivity contribution is 5.94. The SMILES string of the molecule is CC[C@H](NC(=O)c1ccc(-c2cc(C)c(C#N)c(C)n2)cc1)c1ccnn1C. The molecule has 0 fully saturated rings. The summed E-state index contributed by atoms with van der Waals surface area (Å²) < 4.78 is 1.78. The monoisotopic (exact) mass is 373 g/mol. The van der Waals surface area contributed by atoms with E-state index in [1.807, 2.05) is 52.1 Å². The Bertz CT molecular complexity index is 1020. The van der Waals surface area contributed by atoms with E-state index in [4.69, 9.17) is 0 Å². The average molecular weight is 373 g/mol. The van der Waals surface area contributed by atoms with Gasteiger partial charge in [-0.3, -0.25) is 14.5 Å². The lowest BCUT2D eigenvalue weighted by Gasteiger charge is -2.17. The first kappa shape index (κ1) is 19.3. The van der Waals surface area contributed by atoms with Crippen LogP contribution in [0.15, 0.2) is 42.6 Å². The van der Waals surface area contributed by atoms with Crippen LogP contribution in [0.25, 0.3) is 11.3 Å². The second kappa shape index (κ2) is 8.05. The van der Waals surface area contributed by atoms with E-state index < -0.39 is 0 Å². The van der Waals surface area contributed by atoms with Crippen LogP contribution in [-0.4, -0.2) is 20.7 Å². The second-order valence-electron chi connectivity index (χ2n) is 6.79. The summed E-state index contributed by atoms with van der Waals surface area (Å²) in [6.07, 6.45) is 2.50. The Hall–Kier alpha value is -3.46. The van der Waals surface area contributed by atoms with Crippen molar-refractivity contribution in [3.8, 4) is 17.3 Å². The van der Waals surface area contributed by atoms with Gasteiger partial charge < -0.3 is 5.32 Å². The normalized spacial score (nSPS) is 11.7. The van der Waals surface area contributed by atoms with Gasteiger partial charge in [0.1, 0.15) is 6.07 Å². The molecule has 0 aliphatic heterocycles. The topological polar surface area (TPSA) is 83.6 Å². The van der Waals surface area contributed by atoms with Crippen molar-refractivity contribution in [1.29, 1.82) is 5.26 Å². The molecule has 1 aromatic carbocycles. The van der Waals surface area contributed by atoms with E-state index in [0.717, 1.165) is 28.9 Å². The average Bonchev–Trinajstić information content (AvgIpc) is 3.11. The Balaban J connectivity index is 1.80. The van der Waals surface area contributed by atoms with E-state index in [1.165, 1.54) is 0 Å². The van der Waals surface area contributed by atoms with Crippen LogP contribution in [0.5, 0.6) is 0 Å². The Labute approximate surface area is 164 Å². The summed E-state index contributed by atoms with van der Waals surface area (Å²) in [5, 5.41) is 16.4. The number of hydrogen-bond donors (Lipinski definition) is 1. The minimum atomic E-state index is -0.125. The number of nitrogens with one attached hydrogen (secondary N) is 1. The van der Waals surface area contributed by atoms with Crippen molar-refractivity contribution in [2.24, 2.45) is 7.05 Å². The van der Waals surface area contributed by atoms with Crippen LogP contribution < -0.4 is 5.32 Å². The fourth-order valence-corrected chi connectivity index (χ4v) is 3.29. The van der Waals surface area contributed by atoms with Gasteiger partial charge in [0.25, 0.3) is 5.91 Å². The van der Waals surface area contributed by atoms with Gasteiger partial charge in [0, 0.05) is 24.4 Å². The Morgan fingerprint density at radius 1 is 1.25 bits per heavy atom. The summed E-state index contributed by atoms with van der Waals surface area (Å²) in [4.78, 5) is 17.2. The standard InChI is InChI=1S/C22H23N5O/c1-5-19(21-10-11-24-27(21)4)26-22(28)17-8-6-16(7-9-17)20-12-14(2)18(13-23)15(3)25-20/h6-12,19H,5H2,1-4H3,(H,26,28)/t19-/m0/s1. The number of carbonyl (C=O) groups is 1. The first-order valence-electron chi connectivity index (χ1n) is 9.22. The third kappa shape index (κ3) is 3.79. The lowest BCUT2D eigenvalue weighted by Crippen LogP contribution is -2.29. The fraction of sp³-hybridized carbons (Fsp3) is 0.273. The summed E-state index contributed by atoms with van der Waals surface area (Å²) in [7, 11) is 1.87.